The molecule has 1 aromatic carbocycles. The quantitative estimate of drug-likeness (QED) is 0.799. The molecule has 108 valence electrons. The summed E-state index contributed by atoms with van der Waals surface area (Å²) >= 11 is 0.877. The van der Waals surface area contributed by atoms with E-state index in [1.54, 1.807) is 6.07 Å². The van der Waals surface area contributed by atoms with Crippen LogP contribution in [0.1, 0.15) is 36.5 Å². The summed E-state index contributed by atoms with van der Waals surface area (Å²) in [6.45, 7) is 2.04. The van der Waals surface area contributed by atoms with Crippen LogP contribution in [0.4, 0.5) is 4.79 Å². The highest BCUT2D eigenvalue weighted by Gasteiger charge is 2.44. The summed E-state index contributed by atoms with van der Waals surface area (Å²) < 4.78 is 24.8. The third-order valence-electron chi connectivity index (χ3n) is 2.96. The highest BCUT2D eigenvalue weighted by atomic mass is 32.2. The van der Waals surface area contributed by atoms with E-state index in [-0.39, 0.29) is 10.5 Å². The van der Waals surface area contributed by atoms with Crippen molar-refractivity contribution in [2.24, 2.45) is 0 Å². The molecule has 0 unspecified atom stereocenters. The number of amides is 2. The van der Waals surface area contributed by atoms with Crippen LogP contribution < -0.4 is 0 Å². The summed E-state index contributed by atoms with van der Waals surface area (Å²) in [4.78, 5) is 24.0. The molecule has 0 spiro atoms. The Bertz CT molecular complexity index is 640. The van der Waals surface area contributed by atoms with Crippen molar-refractivity contribution in [2.75, 3.05) is 5.75 Å². The molecule has 1 aromatic rings. The molecule has 20 heavy (non-hydrogen) atoms. The Morgan fingerprint density at radius 1 is 1.25 bits per heavy atom. The van der Waals surface area contributed by atoms with E-state index in [0.29, 0.717) is 10.1 Å². The molecule has 0 aliphatic carbocycles. The van der Waals surface area contributed by atoms with Gasteiger partial charge in [0.1, 0.15) is 4.90 Å². The Labute approximate surface area is 122 Å². The van der Waals surface area contributed by atoms with E-state index >= 15 is 0 Å². The first-order valence-electron chi connectivity index (χ1n) is 6.35. The van der Waals surface area contributed by atoms with E-state index in [1.165, 1.54) is 18.2 Å². The fourth-order valence-corrected chi connectivity index (χ4v) is 4.51. The second kappa shape index (κ2) is 5.97. The molecule has 1 heterocycles. The maximum atomic E-state index is 12.2. The van der Waals surface area contributed by atoms with Gasteiger partial charge in [-0.3, -0.25) is 9.59 Å². The number of rotatable bonds is 4. The zero-order valence-electron chi connectivity index (χ0n) is 11.0. The summed E-state index contributed by atoms with van der Waals surface area (Å²) in [6, 6.07) is 5.88. The van der Waals surface area contributed by atoms with Crippen LogP contribution in [-0.4, -0.2) is 29.6 Å². The van der Waals surface area contributed by atoms with Crippen LogP contribution in [0.5, 0.6) is 0 Å². The maximum absolute atomic E-state index is 12.2. The standard InChI is InChI=1S/C13H15NO4S2/c1-2-3-6-9-19-13(16)14-12(15)10-7-4-5-8-11(10)20(14,17)18/h4-5,7-8H,2-3,6,9H2,1H3. The average Bonchev–Trinajstić information content (AvgIpc) is 2.63. The summed E-state index contributed by atoms with van der Waals surface area (Å²) in [6.07, 6.45) is 2.81. The van der Waals surface area contributed by atoms with Crippen LogP contribution in [0.2, 0.25) is 0 Å². The second-order valence-electron chi connectivity index (χ2n) is 4.39. The molecule has 1 aliphatic heterocycles. The molecule has 0 fully saturated rings. The molecule has 7 heteroatoms. The highest BCUT2D eigenvalue weighted by Crippen LogP contribution is 2.32. The topological polar surface area (TPSA) is 71.5 Å². The number of hydrogen-bond donors (Lipinski definition) is 0. The lowest BCUT2D eigenvalue weighted by Gasteiger charge is -2.12. The SMILES string of the molecule is CCCCCSC(=O)N1C(=O)c2ccccc2S1(=O)=O. The molecular formula is C13H15NO4S2. The number of carbonyl (C=O) groups excluding carboxylic acids is 2. The number of nitrogens with zero attached hydrogens (tertiary/aromatic N) is 1. The Kier molecular flexibility index (Phi) is 4.49. The molecule has 0 atom stereocenters. The summed E-state index contributed by atoms with van der Waals surface area (Å²) in [7, 11) is -4.02. The molecule has 0 saturated heterocycles. The van der Waals surface area contributed by atoms with Crippen molar-refractivity contribution in [2.45, 2.75) is 31.1 Å². The molecule has 0 saturated carbocycles. The minimum Gasteiger partial charge on any atom is -0.267 e. The highest BCUT2D eigenvalue weighted by molar-refractivity contribution is 8.14. The van der Waals surface area contributed by atoms with Crippen LogP contribution >= 0.6 is 11.8 Å². The zero-order valence-corrected chi connectivity index (χ0v) is 12.7. The average molecular weight is 313 g/mol. The lowest BCUT2D eigenvalue weighted by Crippen LogP contribution is -2.33. The molecular weight excluding hydrogens is 298 g/mol. The fraction of sp³-hybridized carbons (Fsp3) is 0.385. The smallest absolute Gasteiger partial charge is 0.267 e. The number of thioether (sulfide) groups is 1. The Morgan fingerprint density at radius 3 is 2.60 bits per heavy atom. The van der Waals surface area contributed by atoms with Gasteiger partial charge >= 0.3 is 5.24 Å². The third-order valence-corrected chi connectivity index (χ3v) is 5.72. The van der Waals surface area contributed by atoms with E-state index in [2.05, 4.69) is 0 Å². The number of unbranched alkanes of at least 4 members (excludes halogenated alkanes) is 2. The lowest BCUT2D eigenvalue weighted by atomic mass is 10.2. The number of fused-ring (bicyclic) bond motifs is 1. The monoisotopic (exact) mass is 313 g/mol. The van der Waals surface area contributed by atoms with Crippen molar-refractivity contribution >= 4 is 32.9 Å². The van der Waals surface area contributed by atoms with Gasteiger partial charge in [0.25, 0.3) is 15.9 Å². The minimum absolute atomic E-state index is 0.0648. The molecule has 0 aromatic heterocycles. The number of carbonyl (C=O) groups is 2. The van der Waals surface area contributed by atoms with Gasteiger partial charge in [-0.25, -0.2) is 8.42 Å². The summed E-state index contributed by atoms with van der Waals surface area (Å²) in [5.41, 5.74) is 0.0648. The Balaban J connectivity index is 2.18. The summed E-state index contributed by atoms with van der Waals surface area (Å²) in [5, 5.41) is -0.720. The third kappa shape index (κ3) is 2.60. The number of sulfonamides is 1. The van der Waals surface area contributed by atoms with Crippen molar-refractivity contribution in [1.82, 2.24) is 4.31 Å². The molecule has 0 bridgehead atoms. The molecule has 1 aliphatic rings. The predicted octanol–water partition coefficient (Wildman–Crippen LogP) is 2.87. The Hall–Kier alpha value is -1.34. The number of benzene rings is 1. The van der Waals surface area contributed by atoms with Gasteiger partial charge < -0.3 is 0 Å². The summed E-state index contributed by atoms with van der Waals surface area (Å²) in [5.74, 6) is -0.240. The van der Waals surface area contributed by atoms with Crippen molar-refractivity contribution in [1.29, 1.82) is 0 Å². The molecule has 2 amide bonds. The fourth-order valence-electron chi connectivity index (χ4n) is 1.94. The van der Waals surface area contributed by atoms with Crippen LogP contribution in [0, 0.1) is 0 Å². The molecule has 0 N–H and O–H groups in total. The van der Waals surface area contributed by atoms with Gasteiger partial charge in [-0.05, 0) is 18.6 Å². The Morgan fingerprint density at radius 2 is 1.95 bits per heavy atom. The lowest BCUT2D eigenvalue weighted by molar-refractivity contribution is 0.0905. The zero-order chi connectivity index (χ0) is 14.8. The first kappa shape index (κ1) is 15.1. The van der Waals surface area contributed by atoms with Gasteiger partial charge in [0.2, 0.25) is 0 Å². The first-order valence-corrected chi connectivity index (χ1v) is 8.78. The van der Waals surface area contributed by atoms with E-state index in [1.807, 2.05) is 6.92 Å². The van der Waals surface area contributed by atoms with E-state index in [0.717, 1.165) is 31.0 Å². The second-order valence-corrected chi connectivity index (χ2v) is 7.19. The van der Waals surface area contributed by atoms with Gasteiger partial charge in [0, 0.05) is 5.75 Å². The van der Waals surface area contributed by atoms with Crippen molar-refractivity contribution in [3.05, 3.63) is 29.8 Å². The minimum atomic E-state index is -4.02. The van der Waals surface area contributed by atoms with Gasteiger partial charge in [0.05, 0.1) is 5.56 Å². The van der Waals surface area contributed by atoms with Gasteiger partial charge in [-0.2, -0.15) is 4.31 Å². The largest absolute Gasteiger partial charge is 0.302 e. The molecule has 2 rings (SSSR count). The maximum Gasteiger partial charge on any atom is 0.302 e. The van der Waals surface area contributed by atoms with Crippen molar-refractivity contribution in [3.63, 3.8) is 0 Å². The van der Waals surface area contributed by atoms with Crippen LogP contribution in [0.3, 0.4) is 0 Å². The van der Waals surface area contributed by atoms with Crippen LogP contribution in [0.25, 0.3) is 0 Å². The van der Waals surface area contributed by atoms with Crippen LogP contribution in [-0.2, 0) is 10.0 Å². The van der Waals surface area contributed by atoms with E-state index < -0.39 is 21.2 Å². The molecule has 0 radical (unpaired) electrons. The van der Waals surface area contributed by atoms with E-state index in [9.17, 15) is 18.0 Å². The first-order chi connectivity index (χ1) is 9.50. The number of hydrogen-bond acceptors (Lipinski definition) is 5. The van der Waals surface area contributed by atoms with Gasteiger partial charge in [-0.1, -0.05) is 43.7 Å². The van der Waals surface area contributed by atoms with Gasteiger partial charge in [0.15, 0.2) is 0 Å². The molecule has 5 nitrogen and oxygen atoms in total. The normalized spacial score (nSPS) is 16.2. The van der Waals surface area contributed by atoms with Gasteiger partial charge in [-0.15, -0.1) is 0 Å². The van der Waals surface area contributed by atoms with Crippen molar-refractivity contribution < 1.29 is 18.0 Å². The van der Waals surface area contributed by atoms with E-state index in [4.69, 9.17) is 0 Å². The number of imide groups is 1. The van der Waals surface area contributed by atoms with Crippen LogP contribution in [0.15, 0.2) is 29.2 Å². The van der Waals surface area contributed by atoms with Crippen molar-refractivity contribution in [3.8, 4) is 0 Å². The predicted molar refractivity (Wildman–Crippen MR) is 77.2 cm³/mol.